The van der Waals surface area contributed by atoms with Crippen LogP contribution in [0.2, 0.25) is 0 Å². The summed E-state index contributed by atoms with van der Waals surface area (Å²) in [5, 5.41) is 2.79. The molecule has 6 nitrogen and oxygen atoms in total. The third-order valence-electron chi connectivity index (χ3n) is 4.01. The van der Waals surface area contributed by atoms with Crippen LogP contribution in [0.25, 0.3) is 0 Å². The van der Waals surface area contributed by atoms with Crippen molar-refractivity contribution in [1.82, 2.24) is 4.98 Å². The SMILES string of the molecule is C[C@H](N)C(=O)Nc1ccc2c(c1)CCCN2C(=O)c1ccccn1. The normalized spacial score (nSPS) is 14.7. The van der Waals surface area contributed by atoms with Crippen LogP contribution in [0, 0.1) is 0 Å². The average molecular weight is 324 g/mol. The summed E-state index contributed by atoms with van der Waals surface area (Å²) in [7, 11) is 0. The first kappa shape index (κ1) is 16.1. The van der Waals surface area contributed by atoms with Gasteiger partial charge in [-0.15, -0.1) is 0 Å². The standard InChI is InChI=1S/C18H20N4O2/c1-12(19)17(23)21-14-7-8-16-13(11-14)5-4-10-22(16)18(24)15-6-2-3-9-20-15/h2-3,6-9,11-12H,4-5,10,19H2,1H3,(H,21,23)/t12-/m0/s1. The topological polar surface area (TPSA) is 88.3 Å². The summed E-state index contributed by atoms with van der Waals surface area (Å²) in [5.74, 6) is -0.337. The Hall–Kier alpha value is -2.73. The fraction of sp³-hybridized carbons (Fsp3) is 0.278. The van der Waals surface area contributed by atoms with Crippen molar-refractivity contribution < 1.29 is 9.59 Å². The van der Waals surface area contributed by atoms with E-state index in [1.165, 1.54) is 0 Å². The van der Waals surface area contributed by atoms with E-state index >= 15 is 0 Å². The van der Waals surface area contributed by atoms with Crippen LogP contribution in [-0.2, 0) is 11.2 Å². The molecule has 3 N–H and O–H groups in total. The first-order valence-corrected chi connectivity index (χ1v) is 7.98. The molecule has 0 radical (unpaired) electrons. The second kappa shape index (κ2) is 6.80. The Morgan fingerprint density at radius 2 is 2.12 bits per heavy atom. The van der Waals surface area contributed by atoms with Crippen LogP contribution in [0.5, 0.6) is 0 Å². The highest BCUT2D eigenvalue weighted by Crippen LogP contribution is 2.30. The van der Waals surface area contributed by atoms with Gasteiger partial charge in [0.2, 0.25) is 5.91 Å². The number of benzene rings is 1. The Labute approximate surface area is 140 Å². The minimum Gasteiger partial charge on any atom is -0.325 e. The van der Waals surface area contributed by atoms with E-state index in [0.29, 0.717) is 17.9 Å². The number of amides is 2. The van der Waals surface area contributed by atoms with Crippen molar-refractivity contribution in [2.45, 2.75) is 25.8 Å². The summed E-state index contributed by atoms with van der Waals surface area (Å²) >= 11 is 0. The Morgan fingerprint density at radius 1 is 1.29 bits per heavy atom. The van der Waals surface area contributed by atoms with Crippen LogP contribution in [-0.4, -0.2) is 29.4 Å². The van der Waals surface area contributed by atoms with Gasteiger partial charge in [-0.25, -0.2) is 0 Å². The molecule has 6 heteroatoms. The lowest BCUT2D eigenvalue weighted by Crippen LogP contribution is -2.36. The Kier molecular flexibility index (Phi) is 4.57. The Balaban J connectivity index is 1.86. The third kappa shape index (κ3) is 3.28. The maximum Gasteiger partial charge on any atom is 0.276 e. The van der Waals surface area contributed by atoms with Crippen molar-refractivity contribution in [2.75, 3.05) is 16.8 Å². The maximum atomic E-state index is 12.7. The van der Waals surface area contributed by atoms with Crippen LogP contribution in [0.3, 0.4) is 0 Å². The summed E-state index contributed by atoms with van der Waals surface area (Å²) in [4.78, 5) is 30.3. The third-order valence-corrected chi connectivity index (χ3v) is 4.01. The minimum absolute atomic E-state index is 0.107. The first-order valence-electron chi connectivity index (χ1n) is 7.98. The molecule has 0 saturated carbocycles. The van der Waals surface area contributed by atoms with Crippen molar-refractivity contribution in [3.63, 3.8) is 0 Å². The number of hydrogen-bond acceptors (Lipinski definition) is 4. The van der Waals surface area contributed by atoms with Gasteiger partial charge in [0.05, 0.1) is 6.04 Å². The highest BCUT2D eigenvalue weighted by atomic mass is 16.2. The number of carbonyl (C=O) groups excluding carboxylic acids is 2. The average Bonchev–Trinajstić information content (AvgIpc) is 2.61. The molecule has 1 atom stereocenters. The van der Waals surface area contributed by atoms with Crippen LogP contribution in [0.15, 0.2) is 42.6 Å². The Bertz CT molecular complexity index is 759. The second-order valence-corrected chi connectivity index (χ2v) is 5.90. The van der Waals surface area contributed by atoms with Gasteiger partial charge in [0.1, 0.15) is 5.69 Å². The van der Waals surface area contributed by atoms with Gasteiger partial charge < -0.3 is 16.0 Å². The van der Waals surface area contributed by atoms with Crippen molar-refractivity contribution in [2.24, 2.45) is 5.73 Å². The number of nitrogens with zero attached hydrogens (tertiary/aromatic N) is 2. The molecule has 0 saturated heterocycles. The molecule has 0 bridgehead atoms. The number of aromatic nitrogens is 1. The van der Waals surface area contributed by atoms with E-state index in [1.807, 2.05) is 12.1 Å². The molecule has 1 aromatic carbocycles. The zero-order chi connectivity index (χ0) is 17.1. The maximum absolute atomic E-state index is 12.7. The molecule has 124 valence electrons. The van der Waals surface area contributed by atoms with Crippen molar-refractivity contribution in [3.8, 4) is 0 Å². The molecule has 0 fully saturated rings. The lowest BCUT2D eigenvalue weighted by molar-refractivity contribution is -0.117. The van der Waals surface area contributed by atoms with Crippen LogP contribution in [0.4, 0.5) is 11.4 Å². The van der Waals surface area contributed by atoms with Crippen molar-refractivity contribution in [3.05, 3.63) is 53.9 Å². The van der Waals surface area contributed by atoms with Gasteiger partial charge in [-0.2, -0.15) is 0 Å². The molecule has 1 aliphatic rings. The summed E-state index contributed by atoms with van der Waals surface area (Å²) in [5.41, 5.74) is 8.61. The molecular weight excluding hydrogens is 304 g/mol. The summed E-state index contributed by atoms with van der Waals surface area (Å²) in [6, 6.07) is 10.3. The van der Waals surface area contributed by atoms with Gasteiger partial charge in [-0.3, -0.25) is 14.6 Å². The molecule has 2 aromatic rings. The van der Waals surface area contributed by atoms with E-state index < -0.39 is 6.04 Å². The van der Waals surface area contributed by atoms with Crippen molar-refractivity contribution >= 4 is 23.2 Å². The minimum atomic E-state index is -0.566. The van der Waals surface area contributed by atoms with Gasteiger partial charge in [0, 0.05) is 24.1 Å². The van der Waals surface area contributed by atoms with Crippen LogP contribution in [0.1, 0.15) is 29.4 Å². The fourth-order valence-corrected chi connectivity index (χ4v) is 2.77. The lowest BCUT2D eigenvalue weighted by atomic mass is 10.0. The summed E-state index contributed by atoms with van der Waals surface area (Å²) in [6.07, 6.45) is 3.35. The first-order chi connectivity index (χ1) is 11.6. The van der Waals surface area contributed by atoms with E-state index in [4.69, 9.17) is 5.73 Å². The smallest absolute Gasteiger partial charge is 0.276 e. The molecular formula is C18H20N4O2. The highest BCUT2D eigenvalue weighted by molar-refractivity contribution is 6.05. The van der Waals surface area contributed by atoms with Gasteiger partial charge in [0.25, 0.3) is 5.91 Å². The number of anilines is 2. The van der Waals surface area contributed by atoms with Gasteiger partial charge in [-0.05, 0) is 55.7 Å². The van der Waals surface area contributed by atoms with E-state index in [9.17, 15) is 9.59 Å². The number of fused-ring (bicyclic) bond motifs is 1. The molecule has 0 spiro atoms. The number of nitrogens with one attached hydrogen (secondary N) is 1. The predicted octanol–water partition coefficient (Wildman–Crippen LogP) is 1.96. The monoisotopic (exact) mass is 324 g/mol. The van der Waals surface area contributed by atoms with Crippen LogP contribution < -0.4 is 16.0 Å². The molecule has 2 heterocycles. The molecule has 24 heavy (non-hydrogen) atoms. The lowest BCUT2D eigenvalue weighted by Gasteiger charge is -2.29. The number of rotatable bonds is 3. The van der Waals surface area contributed by atoms with E-state index in [2.05, 4.69) is 10.3 Å². The molecule has 1 aromatic heterocycles. The highest BCUT2D eigenvalue weighted by Gasteiger charge is 2.24. The van der Waals surface area contributed by atoms with E-state index in [-0.39, 0.29) is 11.8 Å². The molecule has 0 aliphatic carbocycles. The Morgan fingerprint density at radius 3 is 2.83 bits per heavy atom. The fourth-order valence-electron chi connectivity index (χ4n) is 2.77. The zero-order valence-electron chi connectivity index (χ0n) is 13.5. The van der Waals surface area contributed by atoms with E-state index in [1.54, 1.807) is 42.3 Å². The molecule has 1 aliphatic heterocycles. The van der Waals surface area contributed by atoms with Crippen molar-refractivity contribution in [1.29, 1.82) is 0 Å². The van der Waals surface area contributed by atoms with Gasteiger partial charge in [-0.1, -0.05) is 6.07 Å². The number of pyridine rings is 1. The molecule has 0 unspecified atom stereocenters. The number of nitrogens with two attached hydrogens (primary N) is 1. The zero-order valence-corrected chi connectivity index (χ0v) is 13.5. The predicted molar refractivity (Wildman–Crippen MR) is 93.0 cm³/mol. The van der Waals surface area contributed by atoms with E-state index in [0.717, 1.165) is 24.1 Å². The number of carbonyl (C=O) groups is 2. The van der Waals surface area contributed by atoms with Crippen LogP contribution >= 0.6 is 0 Å². The largest absolute Gasteiger partial charge is 0.325 e. The van der Waals surface area contributed by atoms with Gasteiger partial charge >= 0.3 is 0 Å². The summed E-state index contributed by atoms with van der Waals surface area (Å²) < 4.78 is 0. The molecule has 3 rings (SSSR count). The van der Waals surface area contributed by atoms with Gasteiger partial charge in [0.15, 0.2) is 0 Å². The quantitative estimate of drug-likeness (QED) is 0.903. The second-order valence-electron chi connectivity index (χ2n) is 5.90. The number of aryl methyl sites for hydroxylation is 1. The summed E-state index contributed by atoms with van der Waals surface area (Å²) in [6.45, 7) is 2.30. The number of hydrogen-bond donors (Lipinski definition) is 2. The molecule has 2 amide bonds.